The molecule has 0 amide bonds. The molecule has 0 fully saturated rings. The minimum Gasteiger partial charge on any atom is -0.423 e. The van der Waals surface area contributed by atoms with Gasteiger partial charge >= 0.3 is 16.4 Å². The molecule has 0 radical (unpaired) electrons. The topological polar surface area (TPSA) is 215 Å². The first-order valence-electron chi connectivity index (χ1n) is 8.42. The van der Waals surface area contributed by atoms with Gasteiger partial charge in [-0.1, -0.05) is 33.1 Å². The summed E-state index contributed by atoms with van der Waals surface area (Å²) in [7, 11) is -4.67. The number of hydrogen-bond acceptors (Lipinski definition) is 6. The molecule has 11 nitrogen and oxygen atoms in total. The van der Waals surface area contributed by atoms with Gasteiger partial charge in [0.15, 0.2) is 5.96 Å². The summed E-state index contributed by atoms with van der Waals surface area (Å²) in [6.07, 6.45) is 0. The molecule has 0 saturated carbocycles. The molecule has 12 heteroatoms. The number of ether oxygens (including phenoxy) is 1. The van der Waals surface area contributed by atoms with Crippen LogP contribution >= 0.6 is 0 Å². The molecule has 0 atom stereocenters. The van der Waals surface area contributed by atoms with Crippen LogP contribution in [0.3, 0.4) is 0 Å². The third kappa shape index (κ3) is 9.78. The summed E-state index contributed by atoms with van der Waals surface area (Å²) >= 11 is 0. The average Bonchev–Trinajstić information content (AvgIpc) is 2.66. The molecule has 0 saturated heterocycles. The molecule has 9 N–H and O–H groups in total. The number of fused-ring (bicyclic) bond motifs is 1. The molecule has 0 aromatic heterocycles. The minimum atomic E-state index is -4.67. The Hall–Kier alpha value is -4.00. The number of hydrogen-bond donors (Lipinski definition) is 6. The van der Waals surface area contributed by atoms with Crippen molar-refractivity contribution in [2.75, 3.05) is 0 Å². The Morgan fingerprint density at radius 1 is 0.848 bits per heavy atom. The van der Waals surface area contributed by atoms with Crippen LogP contribution in [-0.4, -0.2) is 35.3 Å². The Morgan fingerprint density at radius 2 is 1.33 bits per heavy atom. The zero-order valence-corrected chi connectivity index (χ0v) is 16.7. The van der Waals surface area contributed by atoms with Gasteiger partial charge in [0.25, 0.3) is 0 Å². The quantitative estimate of drug-likeness (QED) is 0.107. The summed E-state index contributed by atoms with van der Waals surface area (Å²) in [5.41, 5.74) is 17.7. The van der Waals surface area contributed by atoms with Crippen molar-refractivity contribution in [3.05, 3.63) is 71.8 Å². The molecule has 3 aromatic rings. The van der Waals surface area contributed by atoms with E-state index >= 15 is 0 Å². The van der Waals surface area contributed by atoms with Crippen LogP contribution in [0.15, 0.2) is 65.7 Å². The molecule has 3 aromatic carbocycles. The van der Waals surface area contributed by atoms with E-state index in [1.807, 2.05) is 18.2 Å². The van der Waals surface area contributed by atoms with Gasteiger partial charge in [-0.3, -0.25) is 14.5 Å². The predicted molar refractivity (Wildman–Crippen MR) is 129 cm³/mol. The molecule has 0 aliphatic carbocycles. The van der Waals surface area contributed by atoms with Crippen molar-refractivity contribution in [3.8, 4) is 5.75 Å². The van der Waals surface area contributed by atoms with Crippen LogP contribution in [0.25, 0.3) is 10.8 Å². The van der Waals surface area contributed by atoms with Crippen LogP contribution in [0.4, 0.5) is 5.69 Å². The monoisotopic (exact) mass is 477 g/mol. The van der Waals surface area contributed by atoms with E-state index in [9.17, 15) is 4.79 Å². The Balaban J connectivity index is 0.00000133. The molecule has 33 heavy (non-hydrogen) atoms. The summed E-state index contributed by atoms with van der Waals surface area (Å²) < 4.78 is 37.0. The molecule has 0 aliphatic rings. The Kier molecular flexibility index (Phi) is 10.7. The molecule has 0 heterocycles. The SMILES string of the molecule is C.C.N=C(N)c1ccc2cc(OC(=O)c3ccc(N=C(N)N)cc3)ccc2c1.O=S(=O)(O)O. The number of rotatable bonds is 4. The van der Waals surface area contributed by atoms with Gasteiger partial charge in [-0.05, 0) is 53.2 Å². The summed E-state index contributed by atoms with van der Waals surface area (Å²) in [5.74, 6) is -0.108. The number of nitrogen functional groups attached to an aromatic ring is 1. The highest BCUT2D eigenvalue weighted by Crippen LogP contribution is 2.23. The lowest BCUT2D eigenvalue weighted by Crippen LogP contribution is -2.21. The Labute approximate surface area is 192 Å². The number of benzene rings is 3. The number of carbonyl (C=O) groups is 1. The highest BCUT2D eigenvalue weighted by molar-refractivity contribution is 7.79. The standard InChI is InChI=1S/C19H17N5O2.2CH4.H2O4S/c20-17(21)14-2-1-13-10-16(8-5-12(13)9-14)26-18(25)11-3-6-15(7-4-11)24-19(22)23;;;1-5(2,3)4/h1-10H,(H3,20,21)(H4,22,23,24);2*1H4;(H2,1,2,3,4). The first kappa shape index (κ1) is 29.0. The lowest BCUT2D eigenvalue weighted by molar-refractivity contribution is 0.0735. The molecule has 178 valence electrons. The molecule has 0 unspecified atom stereocenters. The van der Waals surface area contributed by atoms with E-state index in [1.165, 1.54) is 0 Å². The second-order valence-corrected chi connectivity index (χ2v) is 6.95. The highest BCUT2D eigenvalue weighted by Gasteiger charge is 2.09. The number of nitrogens with zero attached hydrogens (tertiary/aromatic N) is 1. The summed E-state index contributed by atoms with van der Waals surface area (Å²) in [6, 6.07) is 17.1. The number of nitrogens with one attached hydrogen (secondary N) is 1. The molecule has 0 bridgehead atoms. The lowest BCUT2D eigenvalue weighted by Gasteiger charge is -2.07. The first-order chi connectivity index (χ1) is 14.4. The molecule has 3 rings (SSSR count). The van der Waals surface area contributed by atoms with Gasteiger partial charge in [0, 0.05) is 5.56 Å². The van der Waals surface area contributed by atoms with Crippen LogP contribution in [0.2, 0.25) is 0 Å². The normalized spacial score (nSPS) is 9.88. The van der Waals surface area contributed by atoms with Crippen LogP contribution in [0.1, 0.15) is 30.8 Å². The Bertz CT molecular complexity index is 1250. The van der Waals surface area contributed by atoms with E-state index in [0.29, 0.717) is 22.6 Å². The van der Waals surface area contributed by atoms with Crippen molar-refractivity contribution >= 4 is 44.6 Å². The van der Waals surface area contributed by atoms with Crippen molar-refractivity contribution in [2.24, 2.45) is 22.2 Å². The van der Waals surface area contributed by atoms with E-state index in [2.05, 4.69) is 4.99 Å². The molecular weight excluding hydrogens is 450 g/mol. The maximum Gasteiger partial charge on any atom is 0.394 e. The van der Waals surface area contributed by atoms with Gasteiger partial charge < -0.3 is 21.9 Å². The largest absolute Gasteiger partial charge is 0.423 e. The number of esters is 1. The van der Waals surface area contributed by atoms with Crippen LogP contribution in [0, 0.1) is 5.41 Å². The van der Waals surface area contributed by atoms with Crippen LogP contribution in [-0.2, 0) is 10.4 Å². The van der Waals surface area contributed by atoms with Gasteiger partial charge in [0.2, 0.25) is 0 Å². The van der Waals surface area contributed by atoms with E-state index in [4.69, 9.17) is 44.9 Å². The second-order valence-electron chi connectivity index (χ2n) is 6.06. The Morgan fingerprint density at radius 3 is 1.85 bits per heavy atom. The van der Waals surface area contributed by atoms with Crippen molar-refractivity contribution in [1.82, 2.24) is 0 Å². The maximum atomic E-state index is 12.3. The second kappa shape index (κ2) is 12.1. The number of guanidine groups is 1. The number of aliphatic imine (C=N–C) groups is 1. The fraction of sp³-hybridized carbons (Fsp3) is 0.0952. The van der Waals surface area contributed by atoms with Gasteiger partial charge in [0.1, 0.15) is 11.6 Å². The third-order valence-electron chi connectivity index (χ3n) is 3.69. The zero-order valence-electron chi connectivity index (χ0n) is 15.9. The fourth-order valence-corrected chi connectivity index (χ4v) is 2.44. The van der Waals surface area contributed by atoms with Crippen molar-refractivity contribution < 1.29 is 27.1 Å². The zero-order chi connectivity index (χ0) is 23.2. The third-order valence-corrected chi connectivity index (χ3v) is 3.69. The molecule has 0 aliphatic heterocycles. The number of carbonyl (C=O) groups excluding carboxylic acids is 1. The van der Waals surface area contributed by atoms with Crippen LogP contribution < -0.4 is 21.9 Å². The maximum absolute atomic E-state index is 12.3. The highest BCUT2D eigenvalue weighted by atomic mass is 32.3. The van der Waals surface area contributed by atoms with Gasteiger partial charge in [0.05, 0.1) is 11.3 Å². The van der Waals surface area contributed by atoms with Crippen molar-refractivity contribution in [1.29, 1.82) is 5.41 Å². The minimum absolute atomic E-state index is 0. The average molecular weight is 478 g/mol. The molecule has 0 spiro atoms. The van der Waals surface area contributed by atoms with E-state index in [1.54, 1.807) is 42.5 Å². The molecular formula is C21H27N5O6S. The number of amidine groups is 1. The smallest absolute Gasteiger partial charge is 0.394 e. The van der Waals surface area contributed by atoms with E-state index in [0.717, 1.165) is 10.8 Å². The lowest BCUT2D eigenvalue weighted by atomic mass is 10.1. The van der Waals surface area contributed by atoms with Crippen LogP contribution in [0.5, 0.6) is 5.75 Å². The van der Waals surface area contributed by atoms with E-state index < -0.39 is 16.4 Å². The first-order valence-corrected chi connectivity index (χ1v) is 9.82. The summed E-state index contributed by atoms with van der Waals surface area (Å²) in [4.78, 5) is 16.2. The van der Waals surface area contributed by atoms with Gasteiger partial charge in [-0.25, -0.2) is 9.79 Å². The van der Waals surface area contributed by atoms with Crippen molar-refractivity contribution in [2.45, 2.75) is 14.9 Å². The predicted octanol–water partition coefficient (Wildman–Crippen LogP) is 2.87. The van der Waals surface area contributed by atoms with E-state index in [-0.39, 0.29) is 26.6 Å². The number of nitrogens with two attached hydrogens (primary N) is 3. The fourth-order valence-electron chi connectivity index (χ4n) is 2.44. The van der Waals surface area contributed by atoms with Gasteiger partial charge in [-0.15, -0.1) is 0 Å². The summed E-state index contributed by atoms with van der Waals surface area (Å²) in [5, 5.41) is 9.26. The summed E-state index contributed by atoms with van der Waals surface area (Å²) in [6.45, 7) is 0. The van der Waals surface area contributed by atoms with Crippen molar-refractivity contribution in [3.63, 3.8) is 0 Å². The van der Waals surface area contributed by atoms with Gasteiger partial charge in [-0.2, -0.15) is 8.42 Å².